The quantitative estimate of drug-likeness (QED) is 0.437. The summed E-state index contributed by atoms with van der Waals surface area (Å²) in [5.74, 6) is 0. The smallest absolute Gasteiger partial charge is 0.261 e. The molecule has 2 N–H and O–H groups in total. The van der Waals surface area contributed by atoms with Crippen molar-refractivity contribution in [2.75, 3.05) is 6.61 Å². The molecule has 0 unspecified atom stereocenters. The number of rotatable bonds is 10. The summed E-state index contributed by atoms with van der Waals surface area (Å²) in [6, 6.07) is 20.8. The lowest BCUT2D eigenvalue weighted by Crippen LogP contribution is -2.67. The Morgan fingerprint density at radius 2 is 1.33 bits per heavy atom. The summed E-state index contributed by atoms with van der Waals surface area (Å²) in [7, 11) is -2.74. The van der Waals surface area contributed by atoms with Crippen molar-refractivity contribution in [1.29, 1.82) is 0 Å². The van der Waals surface area contributed by atoms with Crippen molar-refractivity contribution in [2.45, 2.75) is 70.1 Å². The van der Waals surface area contributed by atoms with Gasteiger partial charge >= 0.3 is 0 Å². The minimum absolute atomic E-state index is 0.160. The summed E-state index contributed by atoms with van der Waals surface area (Å²) in [5, 5.41) is 24.4. The molecule has 2 rings (SSSR count). The van der Waals surface area contributed by atoms with Crippen molar-refractivity contribution >= 4 is 18.7 Å². The van der Waals surface area contributed by atoms with Gasteiger partial charge in [-0.05, 0) is 28.3 Å². The molecule has 0 aromatic heterocycles. The molecule has 0 fully saturated rings. The second-order valence-corrected chi connectivity index (χ2v) is 13.7. The molecule has 0 bridgehead atoms. The molecule has 0 aliphatic rings. The first-order valence-corrected chi connectivity index (χ1v) is 12.8. The fourth-order valence-electron chi connectivity index (χ4n) is 4.19. The van der Waals surface area contributed by atoms with E-state index in [0.717, 1.165) is 0 Å². The van der Waals surface area contributed by atoms with E-state index in [1.54, 1.807) is 0 Å². The molecule has 0 spiro atoms. The standard InChI is InChI=1S/C26H38O3Si/c1-7-25(27,8-2)20-26(28,9-3)21-29-30(24(4,5)6,22-16-12-10-13-17-22)23-18-14-11-15-19-23/h7,10-19,27-28H,1,8-9,20-21H2,2-6H3/t25-,26+/m0/s1. The third kappa shape index (κ3) is 5.12. The molecule has 3 nitrogen and oxygen atoms in total. The van der Waals surface area contributed by atoms with Gasteiger partial charge in [0.05, 0.1) is 17.8 Å². The predicted octanol–water partition coefficient (Wildman–Crippen LogP) is 4.42. The van der Waals surface area contributed by atoms with Gasteiger partial charge < -0.3 is 14.6 Å². The molecular weight excluding hydrogens is 388 g/mol. The van der Waals surface area contributed by atoms with Crippen molar-refractivity contribution in [3.63, 3.8) is 0 Å². The van der Waals surface area contributed by atoms with Crippen LogP contribution in [0.5, 0.6) is 0 Å². The van der Waals surface area contributed by atoms with E-state index >= 15 is 0 Å². The minimum Gasteiger partial charge on any atom is -0.404 e. The van der Waals surface area contributed by atoms with Crippen LogP contribution in [0.4, 0.5) is 0 Å². The van der Waals surface area contributed by atoms with Gasteiger partial charge in [-0.2, -0.15) is 0 Å². The molecule has 2 aromatic carbocycles. The molecule has 30 heavy (non-hydrogen) atoms. The van der Waals surface area contributed by atoms with E-state index < -0.39 is 19.5 Å². The Morgan fingerprint density at radius 3 is 1.67 bits per heavy atom. The van der Waals surface area contributed by atoms with Gasteiger partial charge in [0.1, 0.15) is 0 Å². The van der Waals surface area contributed by atoms with Crippen LogP contribution in [0.25, 0.3) is 0 Å². The third-order valence-electron chi connectivity index (χ3n) is 6.26. The maximum atomic E-state index is 11.4. The van der Waals surface area contributed by atoms with Crippen LogP contribution in [0.3, 0.4) is 0 Å². The molecule has 4 heteroatoms. The fraction of sp³-hybridized carbons (Fsp3) is 0.462. The molecule has 0 heterocycles. The second-order valence-electron chi connectivity index (χ2n) is 9.37. The van der Waals surface area contributed by atoms with Crippen LogP contribution in [-0.4, -0.2) is 36.3 Å². The molecule has 0 radical (unpaired) electrons. The largest absolute Gasteiger partial charge is 0.404 e. The number of hydrogen-bond donors (Lipinski definition) is 2. The Hall–Kier alpha value is -1.72. The van der Waals surface area contributed by atoms with Gasteiger partial charge in [-0.3, -0.25) is 0 Å². The average molecular weight is 427 g/mol. The molecule has 164 valence electrons. The van der Waals surface area contributed by atoms with Gasteiger partial charge in [-0.1, -0.05) is 101 Å². The zero-order valence-electron chi connectivity index (χ0n) is 19.2. The summed E-state index contributed by atoms with van der Waals surface area (Å²) in [5.41, 5.74) is -2.26. The Kier molecular flexibility index (Phi) is 7.86. The summed E-state index contributed by atoms with van der Waals surface area (Å²) in [6.45, 7) is 14.4. The van der Waals surface area contributed by atoms with Crippen molar-refractivity contribution in [3.05, 3.63) is 73.3 Å². The molecule has 2 aromatic rings. The lowest BCUT2D eigenvalue weighted by Gasteiger charge is -2.45. The summed E-state index contributed by atoms with van der Waals surface area (Å²) < 4.78 is 6.90. The lowest BCUT2D eigenvalue weighted by molar-refractivity contribution is -0.0705. The number of aliphatic hydroxyl groups is 2. The van der Waals surface area contributed by atoms with Gasteiger partial charge in [-0.25, -0.2) is 0 Å². The van der Waals surface area contributed by atoms with Crippen molar-refractivity contribution in [1.82, 2.24) is 0 Å². The van der Waals surface area contributed by atoms with Crippen LogP contribution in [0.2, 0.25) is 5.04 Å². The van der Waals surface area contributed by atoms with Crippen LogP contribution >= 0.6 is 0 Å². The predicted molar refractivity (Wildman–Crippen MR) is 129 cm³/mol. The molecule has 0 saturated carbocycles. The molecule has 0 aliphatic carbocycles. The van der Waals surface area contributed by atoms with Gasteiger partial charge in [0, 0.05) is 6.42 Å². The fourth-order valence-corrected chi connectivity index (χ4v) is 8.83. The summed E-state index contributed by atoms with van der Waals surface area (Å²) in [6.07, 6.45) is 2.73. The van der Waals surface area contributed by atoms with Crippen LogP contribution in [-0.2, 0) is 4.43 Å². The first-order chi connectivity index (χ1) is 14.1. The average Bonchev–Trinajstić information content (AvgIpc) is 2.74. The highest BCUT2D eigenvalue weighted by molar-refractivity contribution is 6.99. The van der Waals surface area contributed by atoms with Gasteiger partial charge in [-0.15, -0.1) is 6.58 Å². The highest BCUT2D eigenvalue weighted by Gasteiger charge is 2.51. The Morgan fingerprint density at radius 1 is 0.867 bits per heavy atom. The summed E-state index contributed by atoms with van der Waals surface area (Å²) >= 11 is 0. The monoisotopic (exact) mass is 426 g/mol. The minimum atomic E-state index is -2.74. The van der Waals surface area contributed by atoms with E-state index in [1.807, 2.05) is 26.0 Å². The topological polar surface area (TPSA) is 49.7 Å². The molecule has 0 saturated heterocycles. The van der Waals surface area contributed by atoms with E-state index in [0.29, 0.717) is 12.8 Å². The number of benzene rings is 2. The second kappa shape index (κ2) is 9.61. The van der Waals surface area contributed by atoms with Crippen LogP contribution in [0.1, 0.15) is 53.9 Å². The first kappa shape index (κ1) is 24.5. The van der Waals surface area contributed by atoms with Crippen molar-refractivity contribution in [3.8, 4) is 0 Å². The molecule has 0 aliphatic heterocycles. The van der Waals surface area contributed by atoms with E-state index in [4.69, 9.17) is 4.43 Å². The maximum absolute atomic E-state index is 11.4. The number of hydrogen-bond acceptors (Lipinski definition) is 3. The summed E-state index contributed by atoms with van der Waals surface area (Å²) in [4.78, 5) is 0. The molecule has 2 atom stereocenters. The van der Waals surface area contributed by atoms with Crippen LogP contribution in [0.15, 0.2) is 73.3 Å². The van der Waals surface area contributed by atoms with E-state index in [-0.39, 0.29) is 18.1 Å². The van der Waals surface area contributed by atoms with E-state index in [2.05, 4.69) is 75.9 Å². The Balaban J connectivity index is 2.54. The van der Waals surface area contributed by atoms with E-state index in [1.165, 1.54) is 16.4 Å². The van der Waals surface area contributed by atoms with E-state index in [9.17, 15) is 10.2 Å². The van der Waals surface area contributed by atoms with Gasteiger partial charge in [0.15, 0.2) is 0 Å². The van der Waals surface area contributed by atoms with Gasteiger partial charge in [0.2, 0.25) is 0 Å². The Labute approximate surface area is 183 Å². The zero-order valence-corrected chi connectivity index (χ0v) is 20.2. The molecule has 0 amide bonds. The maximum Gasteiger partial charge on any atom is 0.261 e. The molecular formula is C26H38O3Si. The normalized spacial score (nSPS) is 16.5. The zero-order chi connectivity index (χ0) is 22.5. The van der Waals surface area contributed by atoms with Crippen LogP contribution in [0, 0.1) is 0 Å². The lowest BCUT2D eigenvalue weighted by atomic mass is 9.84. The first-order valence-electron chi connectivity index (χ1n) is 10.9. The van der Waals surface area contributed by atoms with Crippen molar-refractivity contribution in [2.24, 2.45) is 0 Å². The van der Waals surface area contributed by atoms with Crippen LogP contribution < -0.4 is 10.4 Å². The highest BCUT2D eigenvalue weighted by Crippen LogP contribution is 2.38. The SMILES string of the molecule is C=C[C@](O)(CC)C[C@](O)(CC)CO[Si](c1ccccc1)(c1ccccc1)C(C)(C)C. The third-order valence-corrected chi connectivity index (χ3v) is 11.2. The highest BCUT2D eigenvalue weighted by atomic mass is 28.4. The van der Waals surface area contributed by atoms with Gasteiger partial charge in [0.25, 0.3) is 8.32 Å². The Bertz CT molecular complexity index is 761. The van der Waals surface area contributed by atoms with Crippen molar-refractivity contribution < 1.29 is 14.6 Å².